The van der Waals surface area contributed by atoms with Gasteiger partial charge >= 0.3 is 6.18 Å². The first-order valence-electron chi connectivity index (χ1n) is 5.52. The molecule has 0 spiro atoms. The lowest BCUT2D eigenvalue weighted by Crippen LogP contribution is -2.38. The van der Waals surface area contributed by atoms with Crippen molar-refractivity contribution in [2.45, 2.75) is 31.9 Å². The molecule has 2 aliphatic rings. The Morgan fingerprint density at radius 2 is 1.81 bits per heavy atom. The van der Waals surface area contributed by atoms with Crippen molar-refractivity contribution in [1.29, 1.82) is 0 Å². The van der Waals surface area contributed by atoms with Gasteiger partial charge in [-0.1, -0.05) is 0 Å². The summed E-state index contributed by atoms with van der Waals surface area (Å²) in [5, 5.41) is 0. The highest BCUT2D eigenvalue weighted by Gasteiger charge is 2.41. The van der Waals surface area contributed by atoms with Crippen molar-refractivity contribution in [3.8, 4) is 0 Å². The lowest BCUT2D eigenvalue weighted by atomic mass is 9.96. The molecular formula is C11H14F3NO. The summed E-state index contributed by atoms with van der Waals surface area (Å²) in [6, 6.07) is 0. The Balaban J connectivity index is 1.91. The zero-order chi connectivity index (χ0) is 11.8. The second kappa shape index (κ2) is 4.11. The lowest BCUT2D eigenvalue weighted by molar-refractivity contribution is -0.184. The fraction of sp³-hybridized carbons (Fsp3) is 0.727. The van der Waals surface area contributed by atoms with Gasteiger partial charge in [0.05, 0.1) is 5.92 Å². The predicted octanol–water partition coefficient (Wildman–Crippen LogP) is 2.51. The van der Waals surface area contributed by atoms with E-state index in [1.54, 1.807) is 6.08 Å². The van der Waals surface area contributed by atoms with E-state index in [1.165, 1.54) is 0 Å². The van der Waals surface area contributed by atoms with Crippen LogP contribution in [-0.4, -0.2) is 29.9 Å². The molecule has 0 bridgehead atoms. The van der Waals surface area contributed by atoms with Gasteiger partial charge in [0.15, 0.2) is 5.78 Å². The molecule has 0 aromatic rings. The van der Waals surface area contributed by atoms with E-state index >= 15 is 0 Å². The SMILES string of the molecule is O=C1C=C(N2CCC(C(F)(F)F)CC2)CC1. The molecule has 5 heteroatoms. The zero-order valence-electron chi connectivity index (χ0n) is 8.89. The van der Waals surface area contributed by atoms with E-state index in [9.17, 15) is 18.0 Å². The number of hydrogen-bond donors (Lipinski definition) is 0. The minimum Gasteiger partial charge on any atom is -0.375 e. The molecule has 0 unspecified atom stereocenters. The van der Waals surface area contributed by atoms with E-state index in [-0.39, 0.29) is 18.6 Å². The molecule has 0 atom stereocenters. The summed E-state index contributed by atoms with van der Waals surface area (Å²) in [6.45, 7) is 0.840. The minimum absolute atomic E-state index is 0.0907. The van der Waals surface area contributed by atoms with E-state index in [2.05, 4.69) is 0 Å². The molecule has 1 aliphatic carbocycles. The Kier molecular flexibility index (Phi) is 2.95. The highest BCUT2D eigenvalue weighted by atomic mass is 19.4. The van der Waals surface area contributed by atoms with Crippen LogP contribution in [0.5, 0.6) is 0 Å². The number of likely N-dealkylation sites (tertiary alicyclic amines) is 1. The molecule has 0 radical (unpaired) electrons. The number of carbonyl (C=O) groups is 1. The van der Waals surface area contributed by atoms with Gasteiger partial charge in [0, 0.05) is 31.3 Å². The fourth-order valence-electron chi connectivity index (χ4n) is 2.32. The largest absolute Gasteiger partial charge is 0.391 e. The summed E-state index contributed by atoms with van der Waals surface area (Å²) >= 11 is 0. The Labute approximate surface area is 92.1 Å². The van der Waals surface area contributed by atoms with Crippen LogP contribution in [0.15, 0.2) is 11.8 Å². The standard InChI is InChI=1S/C11H14F3NO/c12-11(13,14)8-3-5-15(6-4-8)9-1-2-10(16)7-9/h7-8H,1-6H2. The summed E-state index contributed by atoms with van der Waals surface area (Å²) in [5.74, 6) is -1.07. The maximum absolute atomic E-state index is 12.4. The van der Waals surface area contributed by atoms with Crippen LogP contribution in [-0.2, 0) is 4.79 Å². The lowest BCUT2D eigenvalue weighted by Gasteiger charge is -2.35. The van der Waals surface area contributed by atoms with Crippen molar-refractivity contribution in [2.24, 2.45) is 5.92 Å². The molecule has 0 amide bonds. The number of rotatable bonds is 1. The molecule has 1 fully saturated rings. The van der Waals surface area contributed by atoms with Gasteiger partial charge in [0.2, 0.25) is 0 Å². The van der Waals surface area contributed by atoms with E-state index in [4.69, 9.17) is 0 Å². The summed E-state index contributed by atoms with van der Waals surface area (Å²) in [6.07, 6.45) is -0.992. The van der Waals surface area contributed by atoms with Crippen molar-refractivity contribution in [2.75, 3.05) is 13.1 Å². The van der Waals surface area contributed by atoms with E-state index in [0.717, 1.165) is 5.70 Å². The normalized spacial score (nSPS) is 23.8. The molecule has 0 N–H and O–H groups in total. The van der Waals surface area contributed by atoms with E-state index in [0.29, 0.717) is 25.9 Å². The van der Waals surface area contributed by atoms with Crippen molar-refractivity contribution >= 4 is 5.78 Å². The van der Waals surface area contributed by atoms with Crippen molar-refractivity contribution < 1.29 is 18.0 Å². The average molecular weight is 233 g/mol. The van der Waals surface area contributed by atoms with Gasteiger partial charge in [-0.15, -0.1) is 0 Å². The second-order valence-corrected chi connectivity index (χ2v) is 4.40. The molecule has 0 aromatic heterocycles. The molecule has 2 nitrogen and oxygen atoms in total. The van der Waals surface area contributed by atoms with Crippen LogP contribution in [0.25, 0.3) is 0 Å². The van der Waals surface area contributed by atoms with Crippen LogP contribution in [0.3, 0.4) is 0 Å². The second-order valence-electron chi connectivity index (χ2n) is 4.40. The number of allylic oxidation sites excluding steroid dienone is 2. The summed E-state index contributed by atoms with van der Waals surface area (Å²) in [5.41, 5.74) is 0.922. The topological polar surface area (TPSA) is 20.3 Å². The van der Waals surface area contributed by atoms with Gasteiger partial charge in [0.25, 0.3) is 0 Å². The molecule has 0 saturated carbocycles. The predicted molar refractivity (Wildman–Crippen MR) is 52.7 cm³/mol. The maximum atomic E-state index is 12.4. The summed E-state index contributed by atoms with van der Waals surface area (Å²) in [4.78, 5) is 13.0. The number of alkyl halides is 3. The van der Waals surface area contributed by atoms with Gasteiger partial charge in [-0.05, 0) is 19.3 Å². The van der Waals surface area contributed by atoms with E-state index < -0.39 is 12.1 Å². The van der Waals surface area contributed by atoms with Gasteiger partial charge < -0.3 is 4.90 Å². The van der Waals surface area contributed by atoms with Crippen LogP contribution in [0.2, 0.25) is 0 Å². The average Bonchev–Trinajstić information content (AvgIpc) is 2.64. The third kappa shape index (κ3) is 2.39. The number of hydrogen-bond acceptors (Lipinski definition) is 2. The number of piperidine rings is 1. The maximum Gasteiger partial charge on any atom is 0.391 e. The number of ketones is 1. The highest BCUT2D eigenvalue weighted by Crippen LogP contribution is 2.35. The van der Waals surface area contributed by atoms with Gasteiger partial charge in [0.1, 0.15) is 0 Å². The molecule has 16 heavy (non-hydrogen) atoms. The molecule has 1 saturated heterocycles. The van der Waals surface area contributed by atoms with E-state index in [1.807, 2.05) is 4.90 Å². The van der Waals surface area contributed by atoms with Gasteiger partial charge in [-0.3, -0.25) is 4.79 Å². The zero-order valence-corrected chi connectivity index (χ0v) is 8.89. The van der Waals surface area contributed by atoms with Crippen LogP contribution in [0.1, 0.15) is 25.7 Å². The van der Waals surface area contributed by atoms with Crippen molar-refractivity contribution in [3.05, 3.63) is 11.8 Å². The number of nitrogens with zero attached hydrogens (tertiary/aromatic N) is 1. The van der Waals surface area contributed by atoms with Crippen LogP contribution in [0.4, 0.5) is 13.2 Å². The molecule has 0 aromatic carbocycles. The Bertz CT molecular complexity index is 314. The summed E-state index contributed by atoms with van der Waals surface area (Å²) < 4.78 is 37.3. The first-order valence-corrected chi connectivity index (χ1v) is 5.52. The van der Waals surface area contributed by atoms with Gasteiger partial charge in [-0.25, -0.2) is 0 Å². The van der Waals surface area contributed by atoms with Crippen LogP contribution >= 0.6 is 0 Å². The van der Waals surface area contributed by atoms with Crippen molar-refractivity contribution in [1.82, 2.24) is 4.90 Å². The molecule has 1 aliphatic heterocycles. The molecule has 1 heterocycles. The Morgan fingerprint density at radius 3 is 2.25 bits per heavy atom. The Morgan fingerprint density at radius 1 is 1.19 bits per heavy atom. The molecule has 90 valence electrons. The third-order valence-corrected chi connectivity index (χ3v) is 3.32. The van der Waals surface area contributed by atoms with Gasteiger partial charge in [-0.2, -0.15) is 13.2 Å². The quantitative estimate of drug-likeness (QED) is 0.693. The summed E-state index contributed by atoms with van der Waals surface area (Å²) in [7, 11) is 0. The minimum atomic E-state index is -4.06. The molecular weight excluding hydrogens is 219 g/mol. The van der Waals surface area contributed by atoms with Crippen LogP contribution in [0, 0.1) is 5.92 Å². The first-order chi connectivity index (χ1) is 7.47. The fourth-order valence-corrected chi connectivity index (χ4v) is 2.32. The number of carbonyl (C=O) groups excluding carboxylic acids is 1. The molecule has 2 rings (SSSR count). The Hall–Kier alpha value is -1.00. The smallest absolute Gasteiger partial charge is 0.375 e. The van der Waals surface area contributed by atoms with Crippen LogP contribution < -0.4 is 0 Å². The first kappa shape index (κ1) is 11.5. The monoisotopic (exact) mass is 233 g/mol. The number of halogens is 3. The highest BCUT2D eigenvalue weighted by molar-refractivity contribution is 5.92. The third-order valence-electron chi connectivity index (χ3n) is 3.32. The van der Waals surface area contributed by atoms with Crippen molar-refractivity contribution in [3.63, 3.8) is 0 Å².